The molecule has 0 unspecified atom stereocenters. The number of aromatic nitrogens is 1. The van der Waals surface area contributed by atoms with E-state index in [2.05, 4.69) is 10.3 Å². The predicted molar refractivity (Wildman–Crippen MR) is 89.2 cm³/mol. The van der Waals surface area contributed by atoms with Crippen molar-refractivity contribution in [3.63, 3.8) is 0 Å². The van der Waals surface area contributed by atoms with E-state index in [0.29, 0.717) is 5.58 Å². The number of phenolic OH excluding ortho intramolecular Hbond substituents is 1. The number of carbonyl (C=O) groups excluding carboxylic acids is 2. The van der Waals surface area contributed by atoms with Crippen molar-refractivity contribution in [2.75, 3.05) is 6.61 Å². The highest BCUT2D eigenvalue weighted by Gasteiger charge is 2.27. The fraction of sp³-hybridized carbons (Fsp3) is 0.471. The first-order valence-electron chi connectivity index (χ1n) is 7.93. The van der Waals surface area contributed by atoms with E-state index in [9.17, 15) is 14.7 Å². The zero-order chi connectivity index (χ0) is 18.6. The Balaban J connectivity index is 2.18. The molecule has 0 spiro atoms. The van der Waals surface area contributed by atoms with Crippen LogP contribution in [0.4, 0.5) is 4.79 Å². The van der Waals surface area contributed by atoms with Gasteiger partial charge in [-0.05, 0) is 39.8 Å². The van der Waals surface area contributed by atoms with E-state index in [4.69, 9.17) is 13.9 Å². The third kappa shape index (κ3) is 5.10. The molecule has 1 heterocycles. The Labute approximate surface area is 145 Å². The zero-order valence-corrected chi connectivity index (χ0v) is 14.7. The average Bonchev–Trinajstić information content (AvgIpc) is 2.89. The summed E-state index contributed by atoms with van der Waals surface area (Å²) < 4.78 is 15.7. The van der Waals surface area contributed by atoms with Gasteiger partial charge in [0.05, 0.1) is 13.0 Å². The number of hydrogen-bond donors (Lipinski definition) is 2. The molecule has 1 aromatic carbocycles. The van der Waals surface area contributed by atoms with Gasteiger partial charge in [0, 0.05) is 0 Å². The quantitative estimate of drug-likeness (QED) is 0.797. The van der Waals surface area contributed by atoms with Gasteiger partial charge < -0.3 is 24.3 Å². The van der Waals surface area contributed by atoms with Crippen LogP contribution in [0.2, 0.25) is 0 Å². The SMILES string of the molecule is CCOC(=O)[C@H](Cc1nc2c(O)cccc2o1)NC(=O)OC(C)(C)C. The number of fused-ring (bicyclic) bond motifs is 1. The number of oxazole rings is 1. The molecule has 0 aliphatic rings. The summed E-state index contributed by atoms with van der Waals surface area (Å²) in [6.07, 6.45) is -0.781. The topological polar surface area (TPSA) is 111 Å². The summed E-state index contributed by atoms with van der Waals surface area (Å²) in [5.41, 5.74) is -0.0283. The molecule has 0 radical (unpaired) electrons. The van der Waals surface area contributed by atoms with Crippen molar-refractivity contribution in [3.8, 4) is 5.75 Å². The third-order valence-electron chi connectivity index (χ3n) is 3.08. The Morgan fingerprint density at radius 3 is 2.68 bits per heavy atom. The number of nitrogens with zero attached hydrogens (tertiary/aromatic N) is 1. The fourth-order valence-electron chi connectivity index (χ4n) is 2.13. The van der Waals surface area contributed by atoms with Gasteiger partial charge in [-0.2, -0.15) is 0 Å². The lowest BCUT2D eigenvalue weighted by molar-refractivity contribution is -0.145. The number of hydrogen-bond acceptors (Lipinski definition) is 7. The van der Waals surface area contributed by atoms with Gasteiger partial charge in [-0.1, -0.05) is 6.07 Å². The first kappa shape index (κ1) is 18.6. The van der Waals surface area contributed by atoms with Crippen LogP contribution in [0.1, 0.15) is 33.6 Å². The normalized spacial score (nSPS) is 12.6. The van der Waals surface area contributed by atoms with E-state index in [-0.39, 0.29) is 30.2 Å². The highest BCUT2D eigenvalue weighted by atomic mass is 16.6. The Morgan fingerprint density at radius 2 is 2.08 bits per heavy atom. The van der Waals surface area contributed by atoms with Gasteiger partial charge in [0.2, 0.25) is 0 Å². The number of ether oxygens (including phenoxy) is 2. The van der Waals surface area contributed by atoms with Crippen LogP contribution < -0.4 is 5.32 Å². The Hall–Kier alpha value is -2.77. The standard InChI is InChI=1S/C17H22N2O6/c1-5-23-15(21)10(18-16(22)25-17(2,3)4)9-13-19-14-11(20)7-6-8-12(14)24-13/h6-8,10,20H,5,9H2,1-4H3,(H,18,22)/t10-/m0/s1. The highest BCUT2D eigenvalue weighted by Crippen LogP contribution is 2.24. The lowest BCUT2D eigenvalue weighted by atomic mass is 10.2. The second kappa shape index (κ2) is 7.42. The predicted octanol–water partition coefficient (Wildman–Crippen LogP) is 2.53. The number of alkyl carbamates (subject to hydrolysis) is 1. The molecule has 2 N–H and O–H groups in total. The second-order valence-corrected chi connectivity index (χ2v) is 6.39. The number of para-hydroxylation sites is 1. The molecule has 2 aromatic rings. The summed E-state index contributed by atoms with van der Waals surface area (Å²) in [6.45, 7) is 6.99. The van der Waals surface area contributed by atoms with E-state index in [1.165, 1.54) is 6.07 Å². The maximum absolute atomic E-state index is 12.1. The maximum atomic E-state index is 12.1. The summed E-state index contributed by atoms with van der Waals surface area (Å²) in [7, 11) is 0. The minimum Gasteiger partial charge on any atom is -0.506 e. The van der Waals surface area contributed by atoms with Crippen molar-refractivity contribution >= 4 is 23.2 Å². The number of phenols is 1. The van der Waals surface area contributed by atoms with Crippen LogP contribution in [0.15, 0.2) is 22.6 Å². The van der Waals surface area contributed by atoms with Crippen molar-refractivity contribution in [2.24, 2.45) is 0 Å². The number of esters is 1. The first-order chi connectivity index (χ1) is 11.7. The Morgan fingerprint density at radius 1 is 1.36 bits per heavy atom. The molecule has 1 amide bonds. The van der Waals surface area contributed by atoms with E-state index in [1.807, 2.05) is 0 Å². The summed E-state index contributed by atoms with van der Waals surface area (Å²) in [4.78, 5) is 28.2. The summed E-state index contributed by atoms with van der Waals surface area (Å²) in [6, 6.07) is 3.72. The minimum absolute atomic E-state index is 0.0275. The van der Waals surface area contributed by atoms with Crippen LogP contribution >= 0.6 is 0 Å². The summed E-state index contributed by atoms with van der Waals surface area (Å²) in [5.74, 6) is -0.467. The van der Waals surface area contributed by atoms with E-state index < -0.39 is 23.7 Å². The number of benzene rings is 1. The number of nitrogens with one attached hydrogen (secondary N) is 1. The van der Waals surface area contributed by atoms with Crippen LogP contribution in [-0.4, -0.2) is 40.4 Å². The van der Waals surface area contributed by atoms with Crippen molar-refractivity contribution in [1.82, 2.24) is 10.3 Å². The minimum atomic E-state index is -1.02. The van der Waals surface area contributed by atoms with E-state index >= 15 is 0 Å². The van der Waals surface area contributed by atoms with Gasteiger partial charge in [0.25, 0.3) is 0 Å². The number of amides is 1. The first-order valence-corrected chi connectivity index (χ1v) is 7.93. The molecule has 1 aromatic heterocycles. The molecule has 0 saturated heterocycles. The molecule has 0 bridgehead atoms. The van der Waals surface area contributed by atoms with Gasteiger partial charge >= 0.3 is 12.1 Å². The van der Waals surface area contributed by atoms with Crippen LogP contribution in [0, 0.1) is 0 Å². The Bertz CT molecular complexity index is 762. The molecule has 0 fully saturated rings. The smallest absolute Gasteiger partial charge is 0.408 e. The third-order valence-corrected chi connectivity index (χ3v) is 3.08. The zero-order valence-electron chi connectivity index (χ0n) is 14.7. The summed E-state index contributed by atoms with van der Waals surface area (Å²) in [5, 5.41) is 12.2. The maximum Gasteiger partial charge on any atom is 0.408 e. The van der Waals surface area contributed by atoms with Crippen molar-refractivity contribution < 1.29 is 28.6 Å². The van der Waals surface area contributed by atoms with Gasteiger partial charge in [-0.25, -0.2) is 14.6 Å². The van der Waals surface area contributed by atoms with Crippen LogP contribution in [0.3, 0.4) is 0 Å². The average molecular weight is 350 g/mol. The number of aromatic hydroxyl groups is 1. The molecule has 8 nitrogen and oxygen atoms in total. The highest BCUT2D eigenvalue weighted by molar-refractivity contribution is 5.82. The van der Waals surface area contributed by atoms with Gasteiger partial charge in [0.1, 0.15) is 17.4 Å². The van der Waals surface area contributed by atoms with Crippen LogP contribution in [0.5, 0.6) is 5.75 Å². The molecular formula is C17H22N2O6. The number of rotatable bonds is 5. The number of carbonyl (C=O) groups is 2. The van der Waals surface area contributed by atoms with Gasteiger partial charge in [0.15, 0.2) is 17.0 Å². The largest absolute Gasteiger partial charge is 0.506 e. The van der Waals surface area contributed by atoms with Gasteiger partial charge in [-0.3, -0.25) is 0 Å². The summed E-state index contributed by atoms with van der Waals surface area (Å²) >= 11 is 0. The molecule has 0 aliphatic carbocycles. The van der Waals surface area contributed by atoms with Crippen molar-refractivity contribution in [3.05, 3.63) is 24.1 Å². The van der Waals surface area contributed by atoms with Crippen LogP contribution in [0.25, 0.3) is 11.1 Å². The molecule has 136 valence electrons. The van der Waals surface area contributed by atoms with E-state index in [0.717, 1.165) is 0 Å². The lowest BCUT2D eigenvalue weighted by Gasteiger charge is -2.22. The molecule has 25 heavy (non-hydrogen) atoms. The van der Waals surface area contributed by atoms with Crippen molar-refractivity contribution in [2.45, 2.75) is 45.8 Å². The Kier molecular flexibility index (Phi) is 5.51. The van der Waals surface area contributed by atoms with Crippen LogP contribution in [-0.2, 0) is 20.7 Å². The molecular weight excluding hydrogens is 328 g/mol. The lowest BCUT2D eigenvalue weighted by Crippen LogP contribution is -2.45. The second-order valence-electron chi connectivity index (χ2n) is 6.39. The molecule has 2 rings (SSSR count). The van der Waals surface area contributed by atoms with Gasteiger partial charge in [-0.15, -0.1) is 0 Å². The van der Waals surface area contributed by atoms with Crippen molar-refractivity contribution in [1.29, 1.82) is 0 Å². The van der Waals surface area contributed by atoms with E-state index in [1.54, 1.807) is 39.8 Å². The monoisotopic (exact) mass is 350 g/mol. The molecule has 8 heteroatoms. The molecule has 0 saturated carbocycles. The molecule has 1 atom stereocenters. The fourth-order valence-corrected chi connectivity index (χ4v) is 2.13. The molecule has 0 aliphatic heterocycles.